The van der Waals surface area contributed by atoms with Crippen molar-refractivity contribution in [2.24, 2.45) is 0 Å². The van der Waals surface area contributed by atoms with Gasteiger partial charge in [0.05, 0.1) is 10.1 Å². The van der Waals surface area contributed by atoms with Crippen LogP contribution in [0.15, 0.2) is 21.2 Å². The number of halogens is 3. The maximum atomic E-state index is 5.84. The lowest BCUT2D eigenvalue weighted by Gasteiger charge is -2.16. The van der Waals surface area contributed by atoms with Gasteiger partial charge in [-0.1, -0.05) is 40.9 Å². The van der Waals surface area contributed by atoms with Gasteiger partial charge in [-0.25, -0.2) is 0 Å². The smallest absolute Gasteiger partial charge is 0.0734 e. The fraction of sp³-hybridized carbons (Fsp3) is 0.429. The predicted molar refractivity (Wildman–Crippen MR) is 54.6 cm³/mol. The lowest BCUT2D eigenvalue weighted by molar-refractivity contribution is 1.03. The third-order valence-electron chi connectivity index (χ3n) is 1.46. The maximum Gasteiger partial charge on any atom is 0.0734 e. The van der Waals surface area contributed by atoms with Crippen LogP contribution in [0.3, 0.4) is 0 Å². The van der Waals surface area contributed by atoms with Crippen molar-refractivity contribution in [3.63, 3.8) is 0 Å². The highest BCUT2D eigenvalue weighted by Gasteiger charge is 2.17. The molecule has 1 aliphatic rings. The molecular weight excluding hydrogens is 223 g/mol. The highest BCUT2D eigenvalue weighted by Crippen LogP contribution is 2.36. The van der Waals surface area contributed by atoms with E-state index in [9.17, 15) is 0 Å². The minimum Gasteiger partial charge on any atom is -0.157 e. The molecule has 11 heavy (non-hydrogen) atoms. The first-order chi connectivity index (χ1) is 5.15. The number of hydrogen-bond donors (Lipinski definition) is 0. The van der Waals surface area contributed by atoms with Gasteiger partial charge in [-0.2, -0.15) is 11.8 Å². The van der Waals surface area contributed by atoms with Gasteiger partial charge in [-0.3, -0.25) is 0 Å². The molecule has 0 fully saturated rings. The van der Waals surface area contributed by atoms with E-state index in [1.807, 2.05) is 12.3 Å². The Morgan fingerprint density at radius 3 is 2.55 bits per heavy atom. The monoisotopic (exact) mass is 228 g/mol. The minimum atomic E-state index is 0.373. The zero-order valence-corrected chi connectivity index (χ0v) is 8.99. The number of hydrogen-bond acceptors (Lipinski definition) is 1. The summed E-state index contributed by atoms with van der Waals surface area (Å²) in [5, 5.41) is 2.11. The summed E-state index contributed by atoms with van der Waals surface area (Å²) in [6.07, 6.45) is 4.74. The summed E-state index contributed by atoms with van der Waals surface area (Å²) < 4.78 is 0. The Morgan fingerprint density at radius 1 is 1.45 bits per heavy atom. The van der Waals surface area contributed by atoms with Crippen molar-refractivity contribution >= 4 is 46.6 Å². The van der Waals surface area contributed by atoms with Crippen molar-refractivity contribution in [1.29, 1.82) is 0 Å². The van der Waals surface area contributed by atoms with E-state index < -0.39 is 0 Å². The second-order valence-corrected chi connectivity index (χ2v) is 4.53. The van der Waals surface area contributed by atoms with E-state index in [1.54, 1.807) is 11.8 Å². The van der Waals surface area contributed by atoms with Gasteiger partial charge >= 0.3 is 0 Å². The third kappa shape index (κ3) is 2.32. The molecule has 1 aliphatic carbocycles. The van der Waals surface area contributed by atoms with E-state index in [1.165, 1.54) is 0 Å². The van der Waals surface area contributed by atoms with Gasteiger partial charge in [0.25, 0.3) is 0 Å². The second-order valence-electron chi connectivity index (χ2n) is 2.21. The Labute approximate surface area is 85.6 Å². The Kier molecular flexibility index (Phi) is 3.63. The average Bonchev–Trinajstić information content (AvgIpc) is 1.99. The van der Waals surface area contributed by atoms with Crippen LogP contribution in [0.2, 0.25) is 0 Å². The summed E-state index contributed by atoms with van der Waals surface area (Å²) in [4.78, 5) is 0. The van der Waals surface area contributed by atoms with Crippen LogP contribution in [0.4, 0.5) is 0 Å². The maximum absolute atomic E-state index is 5.84. The fourth-order valence-corrected chi connectivity index (χ4v) is 2.34. The average molecular weight is 230 g/mol. The van der Waals surface area contributed by atoms with Gasteiger partial charge in [0.15, 0.2) is 0 Å². The quantitative estimate of drug-likeness (QED) is 0.656. The van der Waals surface area contributed by atoms with Crippen LogP contribution in [0.25, 0.3) is 0 Å². The molecule has 1 rings (SSSR count). The summed E-state index contributed by atoms with van der Waals surface area (Å²) in [5.41, 5.74) is 0. The van der Waals surface area contributed by atoms with E-state index in [2.05, 4.69) is 0 Å². The molecule has 0 heterocycles. The van der Waals surface area contributed by atoms with Crippen molar-refractivity contribution in [2.75, 3.05) is 6.26 Å². The van der Waals surface area contributed by atoms with Gasteiger partial charge < -0.3 is 0 Å². The number of rotatable bonds is 1. The molecule has 0 N–H and O–H groups in total. The highest BCUT2D eigenvalue weighted by atomic mass is 35.5. The molecule has 0 aromatic heterocycles. The normalized spacial score (nSPS) is 25.5. The Balaban J connectivity index is 2.82. The van der Waals surface area contributed by atoms with Gasteiger partial charge in [-0.05, 0) is 6.26 Å². The summed E-state index contributed by atoms with van der Waals surface area (Å²) in [6.45, 7) is 0. The van der Waals surface area contributed by atoms with Crippen molar-refractivity contribution in [1.82, 2.24) is 0 Å². The Bertz CT molecular complexity index is 220. The molecule has 0 nitrogen and oxygen atoms in total. The molecular formula is C7H7Cl3S. The molecule has 0 bridgehead atoms. The van der Waals surface area contributed by atoms with E-state index in [4.69, 9.17) is 34.8 Å². The Hall–Kier alpha value is 0.700. The molecule has 0 aromatic rings. The standard InChI is InChI=1S/C7H7Cl3S/c1-11-4-2-5(8)7(10)6(9)3-4/h2,4H,3H2,1H3/t4-/m1/s1. The first-order valence-corrected chi connectivity index (χ1v) is 5.52. The molecule has 0 radical (unpaired) electrons. The number of thioether (sulfide) groups is 1. The van der Waals surface area contributed by atoms with Crippen LogP contribution in [-0.4, -0.2) is 11.5 Å². The molecule has 0 saturated carbocycles. The van der Waals surface area contributed by atoms with Gasteiger partial charge in [0.1, 0.15) is 0 Å². The van der Waals surface area contributed by atoms with Crippen LogP contribution in [-0.2, 0) is 0 Å². The number of allylic oxidation sites excluding steroid dienone is 3. The Morgan fingerprint density at radius 2 is 2.09 bits per heavy atom. The summed E-state index contributed by atoms with van der Waals surface area (Å²) in [5.74, 6) is 0. The van der Waals surface area contributed by atoms with Crippen LogP contribution in [0, 0.1) is 0 Å². The van der Waals surface area contributed by atoms with Crippen LogP contribution < -0.4 is 0 Å². The van der Waals surface area contributed by atoms with Crippen molar-refractivity contribution in [3.05, 3.63) is 21.2 Å². The predicted octanol–water partition coefficient (Wildman–Crippen LogP) is 3.93. The van der Waals surface area contributed by atoms with E-state index in [0.29, 0.717) is 20.3 Å². The topological polar surface area (TPSA) is 0 Å². The van der Waals surface area contributed by atoms with Gasteiger partial charge in [-0.15, -0.1) is 0 Å². The van der Waals surface area contributed by atoms with Crippen molar-refractivity contribution in [2.45, 2.75) is 11.7 Å². The van der Waals surface area contributed by atoms with E-state index in [0.717, 1.165) is 6.42 Å². The molecule has 0 aliphatic heterocycles. The molecule has 0 saturated heterocycles. The van der Waals surface area contributed by atoms with Crippen molar-refractivity contribution in [3.8, 4) is 0 Å². The lowest BCUT2D eigenvalue weighted by atomic mass is 10.2. The third-order valence-corrected chi connectivity index (χ3v) is 3.65. The minimum absolute atomic E-state index is 0.373. The fourth-order valence-electron chi connectivity index (χ4n) is 0.842. The molecule has 0 unspecified atom stereocenters. The molecule has 0 spiro atoms. The van der Waals surface area contributed by atoms with E-state index in [-0.39, 0.29) is 0 Å². The molecule has 4 heteroatoms. The summed E-state index contributed by atoms with van der Waals surface area (Å²) in [7, 11) is 0. The lowest BCUT2D eigenvalue weighted by Crippen LogP contribution is -2.04. The molecule has 62 valence electrons. The SMILES string of the molecule is CS[C@@H]1C=C(Cl)C(Cl)=C(Cl)C1. The van der Waals surface area contributed by atoms with Crippen molar-refractivity contribution < 1.29 is 0 Å². The summed E-state index contributed by atoms with van der Waals surface area (Å²) >= 11 is 19.1. The second kappa shape index (κ2) is 4.08. The molecule has 0 amide bonds. The molecule has 0 aromatic carbocycles. The highest BCUT2D eigenvalue weighted by molar-refractivity contribution is 7.99. The van der Waals surface area contributed by atoms with Crippen LogP contribution >= 0.6 is 46.6 Å². The first kappa shape index (κ1) is 9.79. The molecule has 1 atom stereocenters. The first-order valence-electron chi connectivity index (χ1n) is 3.09. The van der Waals surface area contributed by atoms with Crippen LogP contribution in [0.5, 0.6) is 0 Å². The van der Waals surface area contributed by atoms with E-state index >= 15 is 0 Å². The van der Waals surface area contributed by atoms with Gasteiger partial charge in [0, 0.05) is 16.7 Å². The van der Waals surface area contributed by atoms with Crippen LogP contribution in [0.1, 0.15) is 6.42 Å². The van der Waals surface area contributed by atoms with Gasteiger partial charge in [0.2, 0.25) is 0 Å². The zero-order valence-electron chi connectivity index (χ0n) is 5.90. The zero-order chi connectivity index (χ0) is 8.43. The summed E-state index contributed by atoms with van der Waals surface area (Å²) in [6, 6.07) is 0. The largest absolute Gasteiger partial charge is 0.157 e.